The van der Waals surface area contributed by atoms with Crippen LogP contribution in [0.4, 0.5) is 0 Å². The number of carbonyl (C=O) groups is 1. The third-order valence-electron chi connectivity index (χ3n) is 4.79. The van der Waals surface area contributed by atoms with Gasteiger partial charge in [-0.25, -0.2) is 4.98 Å². The van der Waals surface area contributed by atoms with E-state index in [1.54, 1.807) is 18.4 Å². The van der Waals surface area contributed by atoms with Gasteiger partial charge in [0.1, 0.15) is 4.83 Å². The largest absolute Gasteiger partial charge is 0.504 e. The maximum atomic E-state index is 12.8. The number of aromatic hydroxyl groups is 2. The number of rotatable bonds is 4. The molecule has 0 spiro atoms. The highest BCUT2D eigenvalue weighted by Crippen LogP contribution is 2.34. The van der Waals surface area contributed by atoms with Crippen LogP contribution in [0.3, 0.4) is 0 Å². The normalized spacial score (nSPS) is 13.7. The Bertz CT molecular complexity index is 1120. The predicted molar refractivity (Wildman–Crippen MR) is 106 cm³/mol. The number of thioether (sulfide) groups is 1. The lowest BCUT2D eigenvalue weighted by molar-refractivity contribution is 0.102. The summed E-state index contributed by atoms with van der Waals surface area (Å²) in [6.45, 7) is 0. The number of aromatic nitrogens is 2. The molecule has 1 aromatic carbocycles. The topological polar surface area (TPSA) is 92.4 Å². The van der Waals surface area contributed by atoms with Crippen LogP contribution in [0.25, 0.3) is 10.2 Å². The van der Waals surface area contributed by atoms with Crippen LogP contribution in [0.1, 0.15) is 33.6 Å². The maximum absolute atomic E-state index is 12.8. The van der Waals surface area contributed by atoms with E-state index < -0.39 is 0 Å². The van der Waals surface area contributed by atoms with Gasteiger partial charge in [0.15, 0.2) is 22.4 Å². The van der Waals surface area contributed by atoms with E-state index in [1.165, 1.54) is 39.4 Å². The SMILES string of the molecule is Cn1c(SCC(=O)c2ccc(O)c(O)c2)nc2sc3c(c2c1=O)CCCC3. The van der Waals surface area contributed by atoms with E-state index in [9.17, 15) is 19.8 Å². The van der Waals surface area contributed by atoms with Crippen LogP contribution in [0.2, 0.25) is 0 Å². The molecule has 0 atom stereocenters. The Morgan fingerprint density at radius 2 is 2.04 bits per heavy atom. The molecule has 2 N–H and O–H groups in total. The van der Waals surface area contributed by atoms with Crippen molar-refractivity contribution in [3.05, 3.63) is 44.6 Å². The van der Waals surface area contributed by atoms with Gasteiger partial charge in [-0.15, -0.1) is 11.3 Å². The van der Waals surface area contributed by atoms with Crippen LogP contribution >= 0.6 is 23.1 Å². The Labute approximate surface area is 163 Å². The second kappa shape index (κ2) is 7.01. The third-order valence-corrected chi connectivity index (χ3v) is 7.00. The fourth-order valence-electron chi connectivity index (χ4n) is 3.31. The van der Waals surface area contributed by atoms with Gasteiger partial charge in [0.05, 0.1) is 11.1 Å². The van der Waals surface area contributed by atoms with Gasteiger partial charge in [0.2, 0.25) is 0 Å². The fraction of sp³-hybridized carbons (Fsp3) is 0.316. The molecule has 0 saturated carbocycles. The number of phenolic OH excluding ortho intramolecular Hbond substituents is 2. The first kappa shape index (κ1) is 18.1. The van der Waals surface area contributed by atoms with Crippen LogP contribution in [0.5, 0.6) is 11.5 Å². The fourth-order valence-corrected chi connectivity index (χ4v) is 5.48. The minimum absolute atomic E-state index is 0.0587. The molecule has 0 saturated heterocycles. The number of hydrogen-bond donors (Lipinski definition) is 2. The molecule has 2 aromatic heterocycles. The molecule has 0 unspecified atom stereocenters. The monoisotopic (exact) mass is 402 g/mol. The molecule has 140 valence electrons. The zero-order valence-electron chi connectivity index (χ0n) is 14.7. The Morgan fingerprint density at radius 3 is 2.81 bits per heavy atom. The van der Waals surface area contributed by atoms with Gasteiger partial charge in [-0.3, -0.25) is 14.2 Å². The zero-order chi connectivity index (χ0) is 19.1. The number of carbonyl (C=O) groups excluding carboxylic acids is 1. The summed E-state index contributed by atoms with van der Waals surface area (Å²) in [5.74, 6) is -0.728. The summed E-state index contributed by atoms with van der Waals surface area (Å²) in [6.07, 6.45) is 4.19. The van der Waals surface area contributed by atoms with Gasteiger partial charge < -0.3 is 10.2 Å². The first-order chi connectivity index (χ1) is 13.0. The minimum Gasteiger partial charge on any atom is -0.504 e. The molecule has 2 heterocycles. The van der Waals surface area contributed by atoms with Crippen LogP contribution in [-0.2, 0) is 19.9 Å². The van der Waals surface area contributed by atoms with Crippen molar-refractivity contribution in [1.29, 1.82) is 0 Å². The van der Waals surface area contributed by atoms with E-state index in [0.717, 1.165) is 41.5 Å². The molecule has 3 aromatic rings. The highest BCUT2D eigenvalue weighted by atomic mass is 32.2. The van der Waals surface area contributed by atoms with Crippen molar-refractivity contribution in [3.8, 4) is 11.5 Å². The molecule has 4 rings (SSSR count). The lowest BCUT2D eigenvalue weighted by Crippen LogP contribution is -2.21. The molecule has 0 amide bonds. The highest BCUT2D eigenvalue weighted by Gasteiger charge is 2.21. The number of benzene rings is 1. The number of phenols is 2. The molecule has 1 aliphatic carbocycles. The Kier molecular flexibility index (Phi) is 4.69. The van der Waals surface area contributed by atoms with Gasteiger partial charge in [-0.2, -0.15) is 0 Å². The van der Waals surface area contributed by atoms with Crippen LogP contribution < -0.4 is 5.56 Å². The molecular weight excluding hydrogens is 384 g/mol. The van der Waals surface area contributed by atoms with Gasteiger partial charge in [-0.1, -0.05) is 11.8 Å². The number of Topliss-reactive ketones (excluding diaryl/α,β-unsaturated/α-hetero) is 1. The van der Waals surface area contributed by atoms with Crippen LogP contribution in [-0.4, -0.2) is 31.3 Å². The number of hydrogen-bond acceptors (Lipinski definition) is 7. The Balaban J connectivity index is 1.62. The first-order valence-corrected chi connectivity index (χ1v) is 10.4. The van der Waals surface area contributed by atoms with Crippen molar-refractivity contribution in [3.63, 3.8) is 0 Å². The van der Waals surface area contributed by atoms with E-state index >= 15 is 0 Å². The van der Waals surface area contributed by atoms with E-state index in [2.05, 4.69) is 4.98 Å². The second-order valence-electron chi connectivity index (χ2n) is 6.56. The summed E-state index contributed by atoms with van der Waals surface area (Å²) in [4.78, 5) is 31.9. The molecule has 27 heavy (non-hydrogen) atoms. The summed E-state index contributed by atoms with van der Waals surface area (Å²) in [7, 11) is 1.68. The van der Waals surface area contributed by atoms with E-state index in [0.29, 0.717) is 10.7 Å². The number of aryl methyl sites for hydroxylation is 2. The predicted octanol–water partition coefficient (Wildman–Crippen LogP) is 3.26. The number of nitrogens with zero attached hydrogens (tertiary/aromatic N) is 2. The smallest absolute Gasteiger partial charge is 0.262 e. The van der Waals surface area contributed by atoms with Crippen LogP contribution in [0, 0.1) is 0 Å². The summed E-state index contributed by atoms with van der Waals surface area (Å²) >= 11 is 2.79. The van der Waals surface area contributed by atoms with E-state index in [1.807, 2.05) is 0 Å². The first-order valence-electron chi connectivity index (χ1n) is 8.65. The zero-order valence-corrected chi connectivity index (χ0v) is 16.3. The van der Waals surface area contributed by atoms with Gasteiger partial charge in [0.25, 0.3) is 5.56 Å². The van der Waals surface area contributed by atoms with E-state index in [4.69, 9.17) is 0 Å². The highest BCUT2D eigenvalue weighted by molar-refractivity contribution is 7.99. The van der Waals surface area contributed by atoms with Gasteiger partial charge in [0, 0.05) is 17.5 Å². The molecule has 1 aliphatic rings. The number of ketones is 1. The third kappa shape index (κ3) is 3.23. The molecular formula is C19H18N2O4S2. The lowest BCUT2D eigenvalue weighted by atomic mass is 9.97. The molecule has 8 heteroatoms. The molecule has 0 fully saturated rings. The van der Waals surface area contributed by atoms with Gasteiger partial charge in [-0.05, 0) is 49.4 Å². The number of fused-ring (bicyclic) bond motifs is 3. The summed E-state index contributed by atoms with van der Waals surface area (Å²) in [5.41, 5.74) is 1.40. The minimum atomic E-state index is -0.332. The van der Waals surface area contributed by atoms with Crippen molar-refractivity contribution in [1.82, 2.24) is 9.55 Å². The van der Waals surface area contributed by atoms with Crippen molar-refractivity contribution in [2.24, 2.45) is 7.05 Å². The quantitative estimate of drug-likeness (QED) is 0.301. The van der Waals surface area contributed by atoms with Crippen molar-refractivity contribution in [2.45, 2.75) is 30.8 Å². The van der Waals surface area contributed by atoms with E-state index in [-0.39, 0.29) is 28.6 Å². The molecule has 0 bridgehead atoms. The maximum Gasteiger partial charge on any atom is 0.262 e. The van der Waals surface area contributed by atoms with Crippen molar-refractivity contribution >= 4 is 39.1 Å². The average molecular weight is 402 g/mol. The molecule has 0 aliphatic heterocycles. The number of thiophene rings is 1. The van der Waals surface area contributed by atoms with Crippen LogP contribution in [0.15, 0.2) is 28.2 Å². The molecule has 0 radical (unpaired) electrons. The van der Waals surface area contributed by atoms with Gasteiger partial charge >= 0.3 is 0 Å². The molecule has 6 nitrogen and oxygen atoms in total. The summed E-state index contributed by atoms with van der Waals surface area (Å²) < 4.78 is 1.51. The second-order valence-corrected chi connectivity index (χ2v) is 8.59. The summed E-state index contributed by atoms with van der Waals surface area (Å²) in [5, 5.41) is 20.1. The standard InChI is InChI=1S/C19H18N2O4S2/c1-21-18(25)16-11-4-2-3-5-15(11)27-17(16)20-19(21)26-9-14(24)10-6-7-12(22)13(23)8-10/h6-8,22-23H,2-5,9H2,1H3. The lowest BCUT2D eigenvalue weighted by Gasteiger charge is -2.10. The Morgan fingerprint density at radius 1 is 1.26 bits per heavy atom. The Hall–Kier alpha value is -2.32. The van der Waals surface area contributed by atoms with Crippen molar-refractivity contribution < 1.29 is 15.0 Å². The van der Waals surface area contributed by atoms with Crippen molar-refractivity contribution in [2.75, 3.05) is 5.75 Å². The summed E-state index contributed by atoms with van der Waals surface area (Å²) in [6, 6.07) is 3.98. The average Bonchev–Trinajstić information content (AvgIpc) is 3.03.